The van der Waals surface area contributed by atoms with Crippen molar-refractivity contribution in [2.45, 2.75) is 20.0 Å². The second-order valence-corrected chi connectivity index (χ2v) is 9.82. The van der Waals surface area contributed by atoms with Crippen molar-refractivity contribution in [2.24, 2.45) is 0 Å². The number of halogens is 4. The Bertz CT molecular complexity index is 1390. The summed E-state index contributed by atoms with van der Waals surface area (Å²) in [6, 6.07) is 12.5. The van der Waals surface area contributed by atoms with Crippen molar-refractivity contribution in [3.63, 3.8) is 0 Å². The van der Waals surface area contributed by atoms with Gasteiger partial charge in [0.2, 0.25) is 0 Å². The molecular formula is C25H28ClF3N4O6S. The highest BCUT2D eigenvalue weighted by Gasteiger charge is 2.33. The van der Waals surface area contributed by atoms with E-state index in [1.807, 2.05) is 13.0 Å². The number of aryl methyl sites for hydroxylation is 1. The van der Waals surface area contributed by atoms with Crippen LogP contribution in [0.25, 0.3) is 0 Å². The van der Waals surface area contributed by atoms with Gasteiger partial charge in [0.1, 0.15) is 11.4 Å². The summed E-state index contributed by atoms with van der Waals surface area (Å²) in [5, 5.41) is 6.89. The number of pyridine rings is 1. The molecule has 0 aliphatic rings. The normalized spacial score (nSPS) is 10.6. The molecule has 40 heavy (non-hydrogen) atoms. The molecule has 0 unspecified atom stereocenters. The van der Waals surface area contributed by atoms with Gasteiger partial charge in [-0.25, -0.2) is 4.79 Å². The molecule has 0 spiro atoms. The molecule has 0 radical (unpaired) electrons. The number of amides is 3. The predicted octanol–water partition coefficient (Wildman–Crippen LogP) is 5.66. The fourth-order valence-electron chi connectivity index (χ4n) is 2.58. The third kappa shape index (κ3) is 12.8. The number of carbonyl (C=O) groups excluding carboxylic acids is 2. The number of urea groups is 1. The summed E-state index contributed by atoms with van der Waals surface area (Å²) in [4.78, 5) is 26.7. The summed E-state index contributed by atoms with van der Waals surface area (Å²) in [7, 11) is -0.565. The van der Waals surface area contributed by atoms with Gasteiger partial charge in [-0.05, 0) is 74.0 Å². The fraction of sp³-hybridized carbons (Fsp3) is 0.240. The number of nitrogens with zero attached hydrogens (tertiary/aromatic N) is 1. The van der Waals surface area contributed by atoms with Crippen molar-refractivity contribution < 1.29 is 40.5 Å². The van der Waals surface area contributed by atoms with Gasteiger partial charge < -0.3 is 20.7 Å². The number of methoxy groups -OCH3 is 1. The van der Waals surface area contributed by atoms with Crippen molar-refractivity contribution in [1.29, 1.82) is 0 Å². The second-order valence-electron chi connectivity index (χ2n) is 7.67. The van der Waals surface area contributed by atoms with Crippen molar-refractivity contribution in [2.75, 3.05) is 30.5 Å². The van der Waals surface area contributed by atoms with Gasteiger partial charge in [-0.2, -0.15) is 21.6 Å². The molecule has 3 amide bonds. The number of hydrogen-bond acceptors (Lipinski definition) is 6. The van der Waals surface area contributed by atoms with Gasteiger partial charge in [0, 0.05) is 24.6 Å². The third-order valence-corrected chi connectivity index (χ3v) is 5.68. The minimum atomic E-state index is -4.60. The van der Waals surface area contributed by atoms with Gasteiger partial charge in [0.05, 0.1) is 23.4 Å². The van der Waals surface area contributed by atoms with Crippen LogP contribution < -0.4 is 20.7 Å². The number of hydrogen-bond donors (Lipinski definition) is 4. The monoisotopic (exact) mass is 604 g/mol. The predicted molar refractivity (Wildman–Crippen MR) is 147 cm³/mol. The Hall–Kier alpha value is -3.88. The highest BCUT2D eigenvalue weighted by molar-refractivity contribution is 7.85. The molecule has 3 aromatic rings. The van der Waals surface area contributed by atoms with Crippen LogP contribution in [-0.4, -0.2) is 49.8 Å². The van der Waals surface area contributed by atoms with E-state index < -0.39 is 32.9 Å². The summed E-state index contributed by atoms with van der Waals surface area (Å²) >= 11 is 5.52. The van der Waals surface area contributed by atoms with Crippen LogP contribution in [0.1, 0.15) is 28.5 Å². The molecule has 1 heterocycles. The van der Waals surface area contributed by atoms with Gasteiger partial charge >= 0.3 is 12.2 Å². The number of anilines is 2. The lowest BCUT2D eigenvalue weighted by molar-refractivity contribution is -0.137. The van der Waals surface area contributed by atoms with Crippen LogP contribution in [0.5, 0.6) is 5.75 Å². The number of benzene rings is 2. The van der Waals surface area contributed by atoms with Gasteiger partial charge in [-0.1, -0.05) is 11.6 Å². The molecule has 0 aliphatic carbocycles. The molecule has 4 N–H and O–H groups in total. The van der Waals surface area contributed by atoms with Crippen molar-refractivity contribution in [3.8, 4) is 5.75 Å². The third-order valence-electron chi connectivity index (χ3n) is 4.62. The maximum absolute atomic E-state index is 12.8. The Kier molecular flexibility index (Phi) is 13.4. The number of rotatable bonds is 5. The largest absolute Gasteiger partial charge is 0.497 e. The molecule has 2 aromatic carbocycles. The SMILES string of the molecule is CCS(=O)(=O)O.CNC(=O)c1cc(C)ccn1.COc1ccc(NC(=O)Nc2ccc(Cl)c(C(F)(F)F)c2)cc1. The van der Waals surface area contributed by atoms with Crippen LogP contribution in [0.4, 0.5) is 29.3 Å². The van der Waals surface area contributed by atoms with E-state index in [2.05, 4.69) is 20.9 Å². The maximum Gasteiger partial charge on any atom is 0.417 e. The van der Waals surface area contributed by atoms with Crippen LogP contribution in [0.2, 0.25) is 5.02 Å². The van der Waals surface area contributed by atoms with E-state index in [1.165, 1.54) is 20.1 Å². The minimum absolute atomic E-state index is 0.0206. The number of nitrogens with one attached hydrogen (secondary N) is 3. The zero-order chi connectivity index (χ0) is 30.5. The van der Waals surface area contributed by atoms with Crippen LogP contribution in [0, 0.1) is 6.92 Å². The van der Waals surface area contributed by atoms with Crippen molar-refractivity contribution in [3.05, 3.63) is 82.6 Å². The molecule has 3 rings (SSSR count). The summed E-state index contributed by atoms with van der Waals surface area (Å²) in [5.41, 5.74) is 0.938. The molecule has 0 saturated carbocycles. The van der Waals surface area contributed by atoms with Crippen molar-refractivity contribution in [1.82, 2.24) is 10.3 Å². The Labute approximate surface area is 234 Å². The number of carbonyl (C=O) groups is 2. The number of alkyl halides is 3. The zero-order valence-corrected chi connectivity index (χ0v) is 23.4. The highest BCUT2D eigenvalue weighted by atomic mass is 35.5. The molecule has 0 fully saturated rings. The highest BCUT2D eigenvalue weighted by Crippen LogP contribution is 2.36. The smallest absolute Gasteiger partial charge is 0.417 e. The first-order chi connectivity index (χ1) is 18.6. The summed E-state index contributed by atoms with van der Waals surface area (Å²) in [6.45, 7) is 3.30. The van der Waals surface area contributed by atoms with E-state index >= 15 is 0 Å². The summed E-state index contributed by atoms with van der Waals surface area (Å²) in [6.07, 6.45) is -2.97. The lowest BCUT2D eigenvalue weighted by Gasteiger charge is -2.12. The van der Waals surface area contributed by atoms with Gasteiger partial charge in [-0.3, -0.25) is 14.3 Å². The fourth-order valence-corrected chi connectivity index (χ4v) is 2.80. The average Bonchev–Trinajstić information content (AvgIpc) is 2.89. The van der Waals surface area contributed by atoms with Crippen LogP contribution >= 0.6 is 11.6 Å². The molecule has 0 bridgehead atoms. The Balaban J connectivity index is 0.000000388. The first-order valence-corrected chi connectivity index (χ1v) is 13.3. The Morgan fingerprint density at radius 2 is 1.57 bits per heavy atom. The van der Waals surface area contributed by atoms with E-state index in [1.54, 1.807) is 43.6 Å². The zero-order valence-electron chi connectivity index (χ0n) is 21.8. The standard InChI is InChI=1S/C15H12ClF3N2O2.C8H10N2O.C2H6O3S/c1-23-11-5-2-9(3-6-11)20-14(22)21-10-4-7-13(16)12(8-10)15(17,18)19;1-6-3-4-10-7(5-6)8(11)9-2;1-2-6(3,4)5/h2-8H,1H3,(H2,20,21,22);3-5H,1-2H3,(H,9,11);2H2,1H3,(H,3,4,5). The van der Waals surface area contributed by atoms with Gasteiger partial charge in [0.15, 0.2) is 0 Å². The first-order valence-electron chi connectivity index (χ1n) is 11.3. The maximum atomic E-state index is 12.8. The molecular weight excluding hydrogens is 577 g/mol. The van der Waals surface area contributed by atoms with E-state index in [0.717, 1.165) is 17.7 Å². The lowest BCUT2D eigenvalue weighted by Crippen LogP contribution is -2.19. The molecule has 10 nitrogen and oxygen atoms in total. The molecule has 0 saturated heterocycles. The second kappa shape index (κ2) is 15.6. The van der Waals surface area contributed by atoms with E-state index in [9.17, 15) is 31.2 Å². The van der Waals surface area contributed by atoms with E-state index in [4.69, 9.17) is 20.9 Å². The van der Waals surface area contributed by atoms with Crippen molar-refractivity contribution >= 4 is 45.0 Å². The minimum Gasteiger partial charge on any atom is -0.497 e. The summed E-state index contributed by atoms with van der Waals surface area (Å²) in [5.74, 6) is 0.268. The average molecular weight is 605 g/mol. The quantitative estimate of drug-likeness (QED) is 0.275. The first kappa shape index (κ1) is 34.1. The van der Waals surface area contributed by atoms with Crippen LogP contribution in [0.15, 0.2) is 60.8 Å². The van der Waals surface area contributed by atoms with Gasteiger partial charge in [-0.15, -0.1) is 0 Å². The van der Waals surface area contributed by atoms with E-state index in [-0.39, 0.29) is 17.3 Å². The van der Waals surface area contributed by atoms with Gasteiger partial charge in [0.25, 0.3) is 16.0 Å². The topological polar surface area (TPSA) is 147 Å². The molecule has 1 aromatic heterocycles. The van der Waals surface area contributed by atoms with Crippen LogP contribution in [-0.2, 0) is 16.3 Å². The Morgan fingerprint density at radius 1 is 1.02 bits per heavy atom. The number of aromatic nitrogens is 1. The summed E-state index contributed by atoms with van der Waals surface area (Å²) < 4.78 is 70.2. The molecule has 218 valence electrons. The molecule has 0 aliphatic heterocycles. The molecule has 15 heteroatoms. The number of ether oxygens (including phenoxy) is 1. The molecule has 0 atom stereocenters. The van der Waals surface area contributed by atoms with Crippen LogP contribution in [0.3, 0.4) is 0 Å². The lowest BCUT2D eigenvalue weighted by atomic mass is 10.2. The van der Waals surface area contributed by atoms with E-state index in [0.29, 0.717) is 17.1 Å². The Morgan fingerprint density at radius 3 is 2.05 bits per heavy atom.